The van der Waals surface area contributed by atoms with Crippen LogP contribution in [0, 0.1) is 6.92 Å². The molecule has 0 saturated carbocycles. The molecule has 0 radical (unpaired) electrons. The Morgan fingerprint density at radius 3 is 2.78 bits per heavy atom. The van der Waals surface area contributed by atoms with Crippen molar-refractivity contribution in [1.82, 2.24) is 10.4 Å². The molecule has 100 valence electrons. The number of nitrogens with zero attached hydrogens (tertiary/aromatic N) is 1. The van der Waals surface area contributed by atoms with Gasteiger partial charge in [0.15, 0.2) is 0 Å². The molecule has 5 heteroatoms. The fourth-order valence-corrected chi connectivity index (χ4v) is 2.40. The Balaban J connectivity index is 2.04. The van der Waals surface area contributed by atoms with Gasteiger partial charge in [-0.05, 0) is 24.1 Å². The molecule has 1 atom stereocenters. The number of morpholine rings is 1. The van der Waals surface area contributed by atoms with Crippen molar-refractivity contribution >= 4 is 15.9 Å². The minimum atomic E-state index is 0.153. The fourth-order valence-electron chi connectivity index (χ4n) is 2.00. The molecule has 1 heterocycles. The lowest BCUT2D eigenvalue weighted by Gasteiger charge is -2.31. The molecule has 1 aromatic carbocycles. The van der Waals surface area contributed by atoms with Crippen molar-refractivity contribution in [2.45, 2.75) is 13.0 Å². The van der Waals surface area contributed by atoms with Crippen LogP contribution in [0.2, 0.25) is 0 Å². The molecule has 1 aliphatic heterocycles. The zero-order chi connectivity index (χ0) is 13.0. The lowest BCUT2D eigenvalue weighted by atomic mass is 10.1. The maximum absolute atomic E-state index is 5.87. The van der Waals surface area contributed by atoms with Gasteiger partial charge in [-0.15, -0.1) is 0 Å². The van der Waals surface area contributed by atoms with Gasteiger partial charge in [0.2, 0.25) is 0 Å². The quantitative estimate of drug-likeness (QED) is 0.886. The summed E-state index contributed by atoms with van der Waals surface area (Å²) in [6.45, 7) is 6.03. The Hall–Kier alpha value is -0.460. The van der Waals surface area contributed by atoms with Crippen LogP contribution in [0.15, 0.2) is 22.7 Å². The summed E-state index contributed by atoms with van der Waals surface area (Å²) in [5, 5.41) is 2.19. The summed E-state index contributed by atoms with van der Waals surface area (Å²) in [7, 11) is 0. The van der Waals surface area contributed by atoms with Gasteiger partial charge in [0, 0.05) is 24.1 Å². The molecule has 1 unspecified atom stereocenters. The largest absolute Gasteiger partial charge is 0.379 e. The number of nitrogens with one attached hydrogen (secondary N) is 1. The fraction of sp³-hybridized carbons (Fsp3) is 0.538. The molecular formula is C13H20BrN3O. The molecule has 3 N–H and O–H groups in total. The Bertz CT molecular complexity index is 394. The number of hydrogen-bond donors (Lipinski definition) is 2. The summed E-state index contributed by atoms with van der Waals surface area (Å²) in [5.74, 6) is 0. The van der Waals surface area contributed by atoms with Gasteiger partial charge in [-0.1, -0.05) is 28.1 Å². The zero-order valence-electron chi connectivity index (χ0n) is 10.7. The van der Waals surface area contributed by atoms with Crippen LogP contribution in [0.4, 0.5) is 0 Å². The van der Waals surface area contributed by atoms with Crippen LogP contribution in [0.3, 0.4) is 0 Å². The first-order valence-corrected chi connectivity index (χ1v) is 7.05. The number of rotatable bonds is 4. The Morgan fingerprint density at radius 2 is 2.17 bits per heavy atom. The Morgan fingerprint density at radius 1 is 1.44 bits per heavy atom. The van der Waals surface area contributed by atoms with Crippen LogP contribution >= 0.6 is 15.9 Å². The smallest absolute Gasteiger partial charge is 0.0608 e. The topological polar surface area (TPSA) is 50.5 Å². The molecule has 2 rings (SSSR count). The van der Waals surface area contributed by atoms with E-state index < -0.39 is 0 Å². The number of nitrogens with two attached hydrogens (primary N) is 1. The van der Waals surface area contributed by atoms with Crippen molar-refractivity contribution in [2.75, 3.05) is 32.8 Å². The first-order chi connectivity index (χ1) is 8.70. The maximum atomic E-state index is 5.87. The van der Waals surface area contributed by atoms with Gasteiger partial charge in [-0.3, -0.25) is 0 Å². The van der Waals surface area contributed by atoms with Crippen molar-refractivity contribution in [2.24, 2.45) is 5.73 Å². The first-order valence-electron chi connectivity index (χ1n) is 6.25. The van der Waals surface area contributed by atoms with Gasteiger partial charge in [0.25, 0.3) is 0 Å². The van der Waals surface area contributed by atoms with E-state index >= 15 is 0 Å². The average Bonchev–Trinajstić information content (AvgIpc) is 2.40. The monoisotopic (exact) mass is 313 g/mol. The molecule has 1 saturated heterocycles. The number of aryl methyl sites for hydroxylation is 1. The lowest BCUT2D eigenvalue weighted by Crippen LogP contribution is -2.48. The van der Waals surface area contributed by atoms with E-state index in [0.29, 0.717) is 6.54 Å². The molecule has 1 aliphatic rings. The number of hydrazine groups is 1. The second-order valence-electron chi connectivity index (χ2n) is 4.53. The van der Waals surface area contributed by atoms with E-state index in [1.54, 1.807) is 0 Å². The van der Waals surface area contributed by atoms with Gasteiger partial charge in [-0.2, -0.15) is 0 Å². The van der Waals surface area contributed by atoms with Crippen molar-refractivity contribution in [3.8, 4) is 0 Å². The van der Waals surface area contributed by atoms with E-state index in [2.05, 4.69) is 51.5 Å². The molecule has 0 aliphatic carbocycles. The summed E-state index contributed by atoms with van der Waals surface area (Å²) in [4.78, 5) is 0. The molecule has 4 nitrogen and oxygen atoms in total. The molecule has 1 fully saturated rings. The molecule has 0 spiro atoms. The number of hydrogen-bond acceptors (Lipinski definition) is 4. The standard InChI is InChI=1S/C13H20BrN3O/c1-10-2-3-11(8-12(10)14)13(9-15)16-17-4-6-18-7-5-17/h2-3,8,13,16H,4-7,9,15H2,1H3. The van der Waals surface area contributed by atoms with E-state index in [1.165, 1.54) is 11.1 Å². The summed E-state index contributed by atoms with van der Waals surface area (Å²) in [6, 6.07) is 6.54. The van der Waals surface area contributed by atoms with E-state index in [1.807, 2.05) is 0 Å². The number of benzene rings is 1. The molecule has 18 heavy (non-hydrogen) atoms. The Labute approximate surface area is 117 Å². The third-order valence-corrected chi connectivity index (χ3v) is 4.04. The minimum absolute atomic E-state index is 0.153. The highest BCUT2D eigenvalue weighted by Crippen LogP contribution is 2.21. The third kappa shape index (κ3) is 3.52. The predicted molar refractivity (Wildman–Crippen MR) is 76.2 cm³/mol. The van der Waals surface area contributed by atoms with E-state index in [4.69, 9.17) is 10.5 Å². The molecular weight excluding hydrogens is 294 g/mol. The van der Waals surface area contributed by atoms with E-state index in [0.717, 1.165) is 30.8 Å². The highest BCUT2D eigenvalue weighted by molar-refractivity contribution is 9.10. The molecule has 0 aromatic heterocycles. The highest BCUT2D eigenvalue weighted by atomic mass is 79.9. The van der Waals surface area contributed by atoms with E-state index in [-0.39, 0.29) is 6.04 Å². The number of ether oxygens (including phenoxy) is 1. The van der Waals surface area contributed by atoms with Crippen LogP contribution in [0.25, 0.3) is 0 Å². The second-order valence-corrected chi connectivity index (χ2v) is 5.38. The van der Waals surface area contributed by atoms with E-state index in [9.17, 15) is 0 Å². The van der Waals surface area contributed by atoms with Crippen LogP contribution in [0.5, 0.6) is 0 Å². The molecule has 0 amide bonds. The first kappa shape index (κ1) is 14.0. The van der Waals surface area contributed by atoms with Crippen LogP contribution in [-0.2, 0) is 4.74 Å². The molecule has 1 aromatic rings. The van der Waals surface area contributed by atoms with Crippen molar-refractivity contribution in [3.05, 3.63) is 33.8 Å². The van der Waals surface area contributed by atoms with Gasteiger partial charge >= 0.3 is 0 Å². The summed E-state index contributed by atoms with van der Waals surface area (Å²) < 4.78 is 6.46. The van der Waals surface area contributed by atoms with Crippen molar-refractivity contribution in [3.63, 3.8) is 0 Å². The molecule has 0 bridgehead atoms. The van der Waals surface area contributed by atoms with Gasteiger partial charge in [0.05, 0.1) is 19.3 Å². The summed E-state index contributed by atoms with van der Waals surface area (Å²) in [6.07, 6.45) is 0. The van der Waals surface area contributed by atoms with Crippen molar-refractivity contribution < 1.29 is 4.74 Å². The van der Waals surface area contributed by atoms with Gasteiger partial charge in [0.1, 0.15) is 0 Å². The SMILES string of the molecule is Cc1ccc(C(CN)NN2CCOCC2)cc1Br. The van der Waals surface area contributed by atoms with Crippen LogP contribution in [-0.4, -0.2) is 37.9 Å². The lowest BCUT2D eigenvalue weighted by molar-refractivity contribution is 0.00404. The van der Waals surface area contributed by atoms with Crippen molar-refractivity contribution in [1.29, 1.82) is 0 Å². The highest BCUT2D eigenvalue weighted by Gasteiger charge is 2.16. The zero-order valence-corrected chi connectivity index (χ0v) is 12.2. The predicted octanol–water partition coefficient (Wildman–Crippen LogP) is 1.59. The van der Waals surface area contributed by atoms with Gasteiger partial charge < -0.3 is 10.5 Å². The maximum Gasteiger partial charge on any atom is 0.0608 e. The van der Waals surface area contributed by atoms with Crippen LogP contribution in [0.1, 0.15) is 17.2 Å². The average molecular weight is 314 g/mol. The normalized spacial score (nSPS) is 18.8. The third-order valence-electron chi connectivity index (χ3n) is 3.18. The number of halogens is 1. The van der Waals surface area contributed by atoms with Crippen LogP contribution < -0.4 is 11.2 Å². The van der Waals surface area contributed by atoms with Gasteiger partial charge in [-0.25, -0.2) is 10.4 Å². The second kappa shape index (κ2) is 6.63. The minimum Gasteiger partial charge on any atom is -0.379 e. The summed E-state index contributed by atoms with van der Waals surface area (Å²) in [5.41, 5.74) is 11.8. The Kier molecular flexibility index (Phi) is 5.14. The summed E-state index contributed by atoms with van der Waals surface area (Å²) >= 11 is 3.57.